The van der Waals surface area contributed by atoms with E-state index in [0.29, 0.717) is 4.31 Å². The van der Waals surface area contributed by atoms with Crippen LogP contribution in [0, 0.1) is 11.6 Å². The number of carboxylic acids is 1. The van der Waals surface area contributed by atoms with Gasteiger partial charge in [0.25, 0.3) is 10.0 Å². The zero-order chi connectivity index (χ0) is 17.0. The van der Waals surface area contributed by atoms with E-state index in [1.165, 1.54) is 18.2 Å². The zero-order valence-corrected chi connectivity index (χ0v) is 12.6. The molecular formula is C15H13F2NO4S. The first-order valence-electron chi connectivity index (χ1n) is 6.57. The van der Waals surface area contributed by atoms with E-state index < -0.39 is 40.6 Å². The number of para-hydroxylation sites is 1. The third-order valence-electron chi connectivity index (χ3n) is 3.05. The molecule has 0 aromatic heterocycles. The SMILES string of the molecule is O=C(O)CCN(c1ccccc1F)S(=O)(=O)c1ccc(F)cc1. The number of nitrogens with zero attached hydrogens (tertiary/aromatic N) is 1. The number of benzene rings is 2. The van der Waals surface area contributed by atoms with Crippen molar-refractivity contribution in [2.75, 3.05) is 10.8 Å². The van der Waals surface area contributed by atoms with Crippen LogP contribution in [-0.4, -0.2) is 26.0 Å². The van der Waals surface area contributed by atoms with Crippen molar-refractivity contribution in [2.45, 2.75) is 11.3 Å². The molecule has 0 heterocycles. The van der Waals surface area contributed by atoms with E-state index in [0.717, 1.165) is 30.3 Å². The van der Waals surface area contributed by atoms with E-state index in [-0.39, 0.29) is 10.6 Å². The van der Waals surface area contributed by atoms with Crippen molar-refractivity contribution in [3.05, 3.63) is 60.2 Å². The van der Waals surface area contributed by atoms with Crippen LogP contribution in [0.5, 0.6) is 0 Å². The molecule has 0 fully saturated rings. The Morgan fingerprint density at radius 3 is 2.22 bits per heavy atom. The van der Waals surface area contributed by atoms with Gasteiger partial charge in [0.1, 0.15) is 11.6 Å². The molecule has 122 valence electrons. The highest BCUT2D eigenvalue weighted by molar-refractivity contribution is 7.92. The number of carboxylic acid groups (broad SMARTS) is 1. The maximum absolute atomic E-state index is 14.0. The maximum atomic E-state index is 14.0. The first-order valence-corrected chi connectivity index (χ1v) is 8.01. The molecule has 0 spiro atoms. The van der Waals surface area contributed by atoms with Gasteiger partial charge in [-0.15, -0.1) is 0 Å². The number of hydrogen-bond acceptors (Lipinski definition) is 3. The van der Waals surface area contributed by atoms with Crippen molar-refractivity contribution < 1.29 is 27.1 Å². The highest BCUT2D eigenvalue weighted by atomic mass is 32.2. The first-order chi connectivity index (χ1) is 10.8. The number of aliphatic carboxylic acids is 1. The van der Waals surface area contributed by atoms with Crippen LogP contribution in [0.2, 0.25) is 0 Å². The van der Waals surface area contributed by atoms with Crippen LogP contribution in [0.1, 0.15) is 6.42 Å². The second kappa shape index (κ2) is 6.74. The molecule has 0 aliphatic carbocycles. The fourth-order valence-electron chi connectivity index (χ4n) is 1.96. The van der Waals surface area contributed by atoms with Crippen LogP contribution in [-0.2, 0) is 14.8 Å². The smallest absolute Gasteiger partial charge is 0.305 e. The molecule has 0 saturated carbocycles. The Labute approximate surface area is 131 Å². The summed E-state index contributed by atoms with van der Waals surface area (Å²) in [6.07, 6.45) is -0.505. The Bertz CT molecular complexity index is 806. The van der Waals surface area contributed by atoms with Crippen molar-refractivity contribution in [1.29, 1.82) is 0 Å². The minimum absolute atomic E-state index is 0.257. The number of carbonyl (C=O) groups is 1. The molecule has 0 aliphatic rings. The van der Waals surface area contributed by atoms with Crippen LogP contribution >= 0.6 is 0 Å². The Morgan fingerprint density at radius 1 is 1.04 bits per heavy atom. The summed E-state index contributed by atoms with van der Waals surface area (Å²) in [5.41, 5.74) is -0.266. The van der Waals surface area contributed by atoms with Crippen molar-refractivity contribution in [3.8, 4) is 0 Å². The molecule has 2 aromatic rings. The normalized spacial score (nSPS) is 11.2. The Balaban J connectivity index is 2.50. The minimum atomic E-state index is -4.23. The lowest BCUT2D eigenvalue weighted by atomic mass is 10.3. The van der Waals surface area contributed by atoms with Gasteiger partial charge in [-0.2, -0.15) is 0 Å². The van der Waals surface area contributed by atoms with Crippen molar-refractivity contribution >= 4 is 21.7 Å². The maximum Gasteiger partial charge on any atom is 0.305 e. The molecule has 0 bridgehead atoms. The molecule has 2 rings (SSSR count). The van der Waals surface area contributed by atoms with Crippen molar-refractivity contribution in [2.24, 2.45) is 0 Å². The summed E-state index contributed by atoms with van der Waals surface area (Å²) in [4.78, 5) is 10.5. The Hall–Kier alpha value is -2.48. The number of hydrogen-bond donors (Lipinski definition) is 1. The molecule has 5 nitrogen and oxygen atoms in total. The first kappa shape index (κ1) is 16.9. The number of anilines is 1. The van der Waals surface area contributed by atoms with E-state index in [9.17, 15) is 22.0 Å². The standard InChI is InChI=1S/C15H13F2NO4S/c16-11-5-7-12(8-6-11)23(21,22)18(10-9-15(19)20)14-4-2-1-3-13(14)17/h1-8H,9-10H2,(H,19,20). The molecule has 23 heavy (non-hydrogen) atoms. The van der Waals surface area contributed by atoms with Gasteiger partial charge >= 0.3 is 5.97 Å². The number of rotatable bonds is 6. The fraction of sp³-hybridized carbons (Fsp3) is 0.133. The zero-order valence-electron chi connectivity index (χ0n) is 11.8. The molecule has 0 amide bonds. The lowest BCUT2D eigenvalue weighted by molar-refractivity contribution is -0.136. The van der Waals surface area contributed by atoms with Gasteiger partial charge in [0.2, 0.25) is 0 Å². The molecule has 0 aliphatic heterocycles. The summed E-state index contributed by atoms with van der Waals surface area (Å²) in [5.74, 6) is -2.64. The van der Waals surface area contributed by atoms with Crippen LogP contribution in [0.25, 0.3) is 0 Å². The van der Waals surface area contributed by atoms with Crippen LogP contribution in [0.15, 0.2) is 53.4 Å². The van der Waals surface area contributed by atoms with Gasteiger partial charge in [0.05, 0.1) is 17.0 Å². The van der Waals surface area contributed by atoms with E-state index in [4.69, 9.17) is 5.11 Å². The molecule has 0 atom stereocenters. The lowest BCUT2D eigenvalue weighted by Crippen LogP contribution is -2.33. The summed E-state index contributed by atoms with van der Waals surface area (Å²) in [5, 5.41) is 8.79. The summed E-state index contributed by atoms with van der Waals surface area (Å²) in [6.45, 7) is -0.448. The van der Waals surface area contributed by atoms with Gasteiger partial charge in [-0.3, -0.25) is 9.10 Å². The summed E-state index contributed by atoms with van der Waals surface area (Å²) < 4.78 is 52.9. The highest BCUT2D eigenvalue weighted by Crippen LogP contribution is 2.26. The van der Waals surface area contributed by atoms with Gasteiger partial charge in [-0.25, -0.2) is 17.2 Å². The molecule has 0 saturated heterocycles. The van der Waals surface area contributed by atoms with Gasteiger partial charge in [-0.05, 0) is 36.4 Å². The average molecular weight is 341 g/mol. The van der Waals surface area contributed by atoms with Gasteiger partial charge < -0.3 is 5.11 Å². The number of halogens is 2. The van der Waals surface area contributed by atoms with Gasteiger partial charge in [-0.1, -0.05) is 12.1 Å². The molecular weight excluding hydrogens is 328 g/mol. The predicted octanol–water partition coefficient (Wildman–Crippen LogP) is 2.63. The van der Waals surface area contributed by atoms with Crippen molar-refractivity contribution in [1.82, 2.24) is 0 Å². The molecule has 0 radical (unpaired) electrons. The third-order valence-corrected chi connectivity index (χ3v) is 4.88. The summed E-state index contributed by atoms with van der Waals surface area (Å²) >= 11 is 0. The van der Waals surface area contributed by atoms with Crippen LogP contribution in [0.3, 0.4) is 0 Å². The van der Waals surface area contributed by atoms with E-state index in [2.05, 4.69) is 0 Å². The van der Waals surface area contributed by atoms with Gasteiger partial charge in [0.15, 0.2) is 0 Å². The topological polar surface area (TPSA) is 74.7 Å². The van der Waals surface area contributed by atoms with Crippen molar-refractivity contribution in [3.63, 3.8) is 0 Å². The molecule has 1 N–H and O–H groups in total. The third kappa shape index (κ3) is 3.84. The molecule has 8 heteroatoms. The summed E-state index contributed by atoms with van der Waals surface area (Å²) in [7, 11) is -4.23. The highest BCUT2D eigenvalue weighted by Gasteiger charge is 2.27. The molecule has 0 unspecified atom stereocenters. The monoisotopic (exact) mass is 341 g/mol. The average Bonchev–Trinajstić information content (AvgIpc) is 2.49. The van der Waals surface area contributed by atoms with E-state index in [1.54, 1.807) is 0 Å². The van der Waals surface area contributed by atoms with Gasteiger partial charge in [0, 0.05) is 6.54 Å². The summed E-state index contributed by atoms with van der Waals surface area (Å²) in [6, 6.07) is 9.14. The number of sulfonamides is 1. The Kier molecular flexibility index (Phi) is 4.95. The minimum Gasteiger partial charge on any atom is -0.481 e. The largest absolute Gasteiger partial charge is 0.481 e. The predicted molar refractivity (Wildman–Crippen MR) is 79.6 cm³/mol. The lowest BCUT2D eigenvalue weighted by Gasteiger charge is -2.24. The quantitative estimate of drug-likeness (QED) is 0.876. The van der Waals surface area contributed by atoms with E-state index >= 15 is 0 Å². The van der Waals surface area contributed by atoms with Crippen LogP contribution in [0.4, 0.5) is 14.5 Å². The second-order valence-corrected chi connectivity index (χ2v) is 6.49. The fourth-order valence-corrected chi connectivity index (χ4v) is 3.43. The van der Waals surface area contributed by atoms with Crippen LogP contribution < -0.4 is 4.31 Å². The Morgan fingerprint density at radius 2 is 1.65 bits per heavy atom. The second-order valence-electron chi connectivity index (χ2n) is 4.63. The van der Waals surface area contributed by atoms with E-state index in [1.807, 2.05) is 0 Å². The molecule has 2 aromatic carbocycles.